The van der Waals surface area contributed by atoms with Gasteiger partial charge < -0.3 is 10.6 Å². The van der Waals surface area contributed by atoms with Crippen LogP contribution in [0.15, 0.2) is 36.4 Å². The van der Waals surface area contributed by atoms with Gasteiger partial charge in [0.2, 0.25) is 0 Å². The SMILES string of the molecule is Cc1cc(C)c(CCN(C)c2ccccc2N)c(C)c1. The molecule has 0 spiro atoms. The fraction of sp³-hybridized carbons (Fsp3) is 0.333. The lowest BCUT2D eigenvalue weighted by Gasteiger charge is -2.22. The zero-order valence-corrected chi connectivity index (χ0v) is 12.9. The number of benzene rings is 2. The summed E-state index contributed by atoms with van der Waals surface area (Å²) in [5.74, 6) is 0. The standard InChI is InChI=1S/C18H24N2/c1-13-11-14(2)16(15(3)12-13)9-10-20(4)18-8-6-5-7-17(18)19/h5-8,11-12H,9-10,19H2,1-4H3. The molecule has 0 atom stereocenters. The third-order valence-corrected chi connectivity index (χ3v) is 3.89. The van der Waals surface area contributed by atoms with Gasteiger partial charge in [-0.2, -0.15) is 0 Å². The summed E-state index contributed by atoms with van der Waals surface area (Å²) < 4.78 is 0. The van der Waals surface area contributed by atoms with E-state index in [-0.39, 0.29) is 0 Å². The van der Waals surface area contributed by atoms with Crippen LogP contribution in [0.2, 0.25) is 0 Å². The van der Waals surface area contributed by atoms with Crippen molar-refractivity contribution in [3.05, 3.63) is 58.7 Å². The number of hydrogen-bond acceptors (Lipinski definition) is 2. The fourth-order valence-electron chi connectivity index (χ4n) is 2.84. The van der Waals surface area contributed by atoms with Crippen LogP contribution in [0.25, 0.3) is 0 Å². The summed E-state index contributed by atoms with van der Waals surface area (Å²) in [4.78, 5) is 2.23. The van der Waals surface area contributed by atoms with Crippen LogP contribution in [0.4, 0.5) is 11.4 Å². The van der Waals surface area contributed by atoms with Crippen molar-refractivity contribution in [1.82, 2.24) is 0 Å². The van der Waals surface area contributed by atoms with Gasteiger partial charge in [0.1, 0.15) is 0 Å². The number of nitrogens with zero attached hydrogens (tertiary/aromatic N) is 1. The highest BCUT2D eigenvalue weighted by Gasteiger charge is 2.08. The van der Waals surface area contributed by atoms with Gasteiger partial charge in [-0.15, -0.1) is 0 Å². The van der Waals surface area contributed by atoms with E-state index in [1.807, 2.05) is 18.2 Å². The Morgan fingerprint density at radius 1 is 1.00 bits per heavy atom. The molecule has 2 nitrogen and oxygen atoms in total. The van der Waals surface area contributed by atoms with Gasteiger partial charge in [-0.05, 0) is 56.0 Å². The number of aryl methyl sites for hydroxylation is 3. The quantitative estimate of drug-likeness (QED) is 0.853. The summed E-state index contributed by atoms with van der Waals surface area (Å²) in [7, 11) is 2.10. The van der Waals surface area contributed by atoms with Crippen molar-refractivity contribution in [3.8, 4) is 0 Å². The molecular weight excluding hydrogens is 244 g/mol. The van der Waals surface area contributed by atoms with Crippen molar-refractivity contribution in [2.75, 3.05) is 24.2 Å². The normalized spacial score (nSPS) is 10.6. The number of para-hydroxylation sites is 2. The van der Waals surface area contributed by atoms with E-state index >= 15 is 0 Å². The summed E-state index contributed by atoms with van der Waals surface area (Å²) in [6.45, 7) is 7.53. The van der Waals surface area contributed by atoms with E-state index in [2.05, 4.69) is 50.9 Å². The predicted octanol–water partition coefficient (Wildman–Crippen LogP) is 3.87. The third-order valence-electron chi connectivity index (χ3n) is 3.89. The Hall–Kier alpha value is -1.96. The van der Waals surface area contributed by atoms with Crippen molar-refractivity contribution in [2.24, 2.45) is 0 Å². The number of likely N-dealkylation sites (N-methyl/N-ethyl adjacent to an activating group) is 1. The molecule has 0 saturated heterocycles. The van der Waals surface area contributed by atoms with E-state index < -0.39 is 0 Å². The Bertz CT molecular complexity index is 579. The molecule has 0 fully saturated rings. The largest absolute Gasteiger partial charge is 0.397 e. The highest BCUT2D eigenvalue weighted by Crippen LogP contribution is 2.22. The Morgan fingerprint density at radius 2 is 1.60 bits per heavy atom. The smallest absolute Gasteiger partial charge is 0.0597 e. The molecule has 0 aliphatic heterocycles. The maximum Gasteiger partial charge on any atom is 0.0597 e. The molecule has 0 aliphatic rings. The monoisotopic (exact) mass is 268 g/mol. The zero-order valence-electron chi connectivity index (χ0n) is 12.9. The maximum atomic E-state index is 6.03. The third kappa shape index (κ3) is 3.13. The molecule has 20 heavy (non-hydrogen) atoms. The van der Waals surface area contributed by atoms with Gasteiger partial charge in [0.15, 0.2) is 0 Å². The minimum Gasteiger partial charge on any atom is -0.397 e. The molecule has 0 saturated carbocycles. The summed E-state index contributed by atoms with van der Waals surface area (Å²) in [6, 6.07) is 12.6. The zero-order chi connectivity index (χ0) is 14.7. The summed E-state index contributed by atoms with van der Waals surface area (Å²) in [5, 5.41) is 0. The van der Waals surface area contributed by atoms with Crippen molar-refractivity contribution >= 4 is 11.4 Å². The van der Waals surface area contributed by atoms with Gasteiger partial charge in [-0.3, -0.25) is 0 Å². The summed E-state index contributed by atoms with van der Waals surface area (Å²) in [6.07, 6.45) is 1.04. The van der Waals surface area contributed by atoms with Crippen LogP contribution in [0.5, 0.6) is 0 Å². The van der Waals surface area contributed by atoms with E-state index in [4.69, 9.17) is 5.73 Å². The van der Waals surface area contributed by atoms with E-state index in [1.165, 1.54) is 22.3 Å². The maximum absolute atomic E-state index is 6.03. The molecule has 0 bridgehead atoms. The van der Waals surface area contributed by atoms with Gasteiger partial charge in [-0.1, -0.05) is 29.8 Å². The van der Waals surface area contributed by atoms with Gasteiger partial charge in [0.05, 0.1) is 11.4 Å². The number of hydrogen-bond donors (Lipinski definition) is 1. The average Bonchev–Trinajstić information content (AvgIpc) is 2.37. The minimum absolute atomic E-state index is 0.840. The van der Waals surface area contributed by atoms with Gasteiger partial charge >= 0.3 is 0 Å². The summed E-state index contributed by atoms with van der Waals surface area (Å²) >= 11 is 0. The lowest BCUT2D eigenvalue weighted by atomic mass is 9.97. The van der Waals surface area contributed by atoms with Gasteiger partial charge in [-0.25, -0.2) is 0 Å². The Labute approximate surface area is 122 Å². The van der Waals surface area contributed by atoms with Gasteiger partial charge in [0, 0.05) is 13.6 Å². The number of nitrogen functional groups attached to an aromatic ring is 1. The van der Waals surface area contributed by atoms with Crippen molar-refractivity contribution < 1.29 is 0 Å². The molecule has 0 unspecified atom stereocenters. The first-order chi connectivity index (χ1) is 9.49. The minimum atomic E-state index is 0.840. The molecular formula is C18H24N2. The molecule has 2 aromatic rings. The summed E-state index contributed by atoms with van der Waals surface area (Å²) in [5.41, 5.74) is 13.5. The van der Waals surface area contributed by atoms with Crippen molar-refractivity contribution in [1.29, 1.82) is 0 Å². The van der Waals surface area contributed by atoms with E-state index in [1.54, 1.807) is 0 Å². The van der Waals surface area contributed by atoms with Crippen molar-refractivity contribution in [3.63, 3.8) is 0 Å². The second-order valence-corrected chi connectivity index (χ2v) is 5.61. The molecule has 2 N–H and O–H groups in total. The van der Waals surface area contributed by atoms with Crippen LogP contribution < -0.4 is 10.6 Å². The number of anilines is 2. The first kappa shape index (κ1) is 14.4. The molecule has 106 valence electrons. The topological polar surface area (TPSA) is 29.3 Å². The van der Waals surface area contributed by atoms with Crippen LogP contribution in [-0.2, 0) is 6.42 Å². The Balaban J connectivity index is 2.12. The predicted molar refractivity (Wildman–Crippen MR) is 88.5 cm³/mol. The molecule has 0 amide bonds. The second-order valence-electron chi connectivity index (χ2n) is 5.61. The number of rotatable bonds is 4. The van der Waals surface area contributed by atoms with Crippen LogP contribution >= 0.6 is 0 Å². The molecule has 0 heterocycles. The Kier molecular flexibility index (Phi) is 4.33. The van der Waals surface area contributed by atoms with Crippen molar-refractivity contribution in [2.45, 2.75) is 27.2 Å². The van der Waals surface area contributed by atoms with Crippen LogP contribution in [0, 0.1) is 20.8 Å². The second kappa shape index (κ2) is 6.00. The molecule has 2 rings (SSSR count). The molecule has 2 aromatic carbocycles. The lowest BCUT2D eigenvalue weighted by Crippen LogP contribution is -2.22. The molecule has 0 aromatic heterocycles. The van der Waals surface area contributed by atoms with E-state index in [0.717, 1.165) is 24.3 Å². The highest BCUT2D eigenvalue weighted by molar-refractivity contribution is 5.66. The van der Waals surface area contributed by atoms with Crippen LogP contribution in [0.3, 0.4) is 0 Å². The lowest BCUT2D eigenvalue weighted by molar-refractivity contribution is 0.866. The Morgan fingerprint density at radius 3 is 2.20 bits per heavy atom. The van der Waals surface area contributed by atoms with Gasteiger partial charge in [0.25, 0.3) is 0 Å². The van der Waals surface area contributed by atoms with E-state index in [0.29, 0.717) is 0 Å². The first-order valence-electron chi connectivity index (χ1n) is 7.11. The average molecular weight is 268 g/mol. The number of nitrogens with two attached hydrogens (primary N) is 1. The molecule has 2 heteroatoms. The highest BCUT2D eigenvalue weighted by atomic mass is 15.1. The van der Waals surface area contributed by atoms with Crippen LogP contribution in [-0.4, -0.2) is 13.6 Å². The molecule has 0 radical (unpaired) electrons. The van der Waals surface area contributed by atoms with Crippen LogP contribution in [0.1, 0.15) is 22.3 Å². The van der Waals surface area contributed by atoms with E-state index in [9.17, 15) is 0 Å². The first-order valence-corrected chi connectivity index (χ1v) is 7.11. The fourth-order valence-corrected chi connectivity index (χ4v) is 2.84. The molecule has 0 aliphatic carbocycles.